The fourth-order valence-electron chi connectivity index (χ4n) is 4.38. The minimum absolute atomic E-state index is 0.00150. The van der Waals surface area contributed by atoms with E-state index >= 15 is 4.39 Å². The zero-order valence-corrected chi connectivity index (χ0v) is 14.2. The van der Waals surface area contributed by atoms with Gasteiger partial charge in [-0.25, -0.2) is 4.39 Å². The third-order valence-electron chi connectivity index (χ3n) is 5.81. The average Bonchev–Trinajstić information content (AvgIpc) is 2.49. The molecule has 3 unspecified atom stereocenters. The molecule has 0 aromatic heterocycles. The molecule has 3 aliphatic heterocycles. The Morgan fingerprint density at radius 1 is 1.29 bits per heavy atom. The molecule has 3 fully saturated rings. The topological polar surface area (TPSA) is 21.3 Å². The number of halogens is 1. The van der Waals surface area contributed by atoms with Gasteiger partial charge in [-0.2, -0.15) is 11.8 Å². The summed E-state index contributed by atoms with van der Waals surface area (Å²) >= 11 is 2.02. The highest BCUT2D eigenvalue weighted by molar-refractivity contribution is 7.99. The standard InChI is InChI=1S/C17H30FNOS/c1-16(18,13-15-4-2-3-8-19-15)14-5-9-20-17(12-14)6-10-21-11-7-17/h14-15,19H,2-13H2,1H3. The third-order valence-corrected chi connectivity index (χ3v) is 6.79. The SMILES string of the molecule is CC(F)(CC1CCCCN1)C1CCOC2(CCSCC2)C1. The third kappa shape index (κ3) is 3.94. The molecule has 3 atom stereocenters. The number of nitrogens with one attached hydrogen (secondary N) is 1. The fraction of sp³-hybridized carbons (Fsp3) is 1.00. The van der Waals surface area contributed by atoms with Crippen LogP contribution in [-0.2, 0) is 4.74 Å². The molecular formula is C17H30FNOS. The van der Waals surface area contributed by atoms with Gasteiger partial charge in [0.05, 0.1) is 5.60 Å². The molecule has 1 N–H and O–H groups in total. The summed E-state index contributed by atoms with van der Waals surface area (Å²) in [5, 5.41) is 3.51. The van der Waals surface area contributed by atoms with Gasteiger partial charge in [0.2, 0.25) is 0 Å². The lowest BCUT2D eigenvalue weighted by Crippen LogP contribution is -2.49. The van der Waals surface area contributed by atoms with Gasteiger partial charge in [-0.3, -0.25) is 0 Å². The molecule has 0 aromatic carbocycles. The average molecular weight is 315 g/mol. The summed E-state index contributed by atoms with van der Waals surface area (Å²) in [7, 11) is 0. The van der Waals surface area contributed by atoms with Crippen molar-refractivity contribution in [2.45, 2.75) is 75.6 Å². The van der Waals surface area contributed by atoms with Gasteiger partial charge in [-0.15, -0.1) is 0 Å². The maximum absolute atomic E-state index is 15.4. The van der Waals surface area contributed by atoms with Crippen LogP contribution in [0, 0.1) is 5.92 Å². The van der Waals surface area contributed by atoms with Crippen LogP contribution >= 0.6 is 11.8 Å². The Hall–Kier alpha value is 0.200. The molecule has 21 heavy (non-hydrogen) atoms. The van der Waals surface area contributed by atoms with Crippen molar-refractivity contribution in [3.8, 4) is 0 Å². The number of thioether (sulfide) groups is 1. The van der Waals surface area contributed by atoms with Crippen LogP contribution in [0.1, 0.15) is 58.3 Å². The largest absolute Gasteiger partial charge is 0.375 e. The Morgan fingerprint density at radius 2 is 2.10 bits per heavy atom. The summed E-state index contributed by atoms with van der Waals surface area (Å²) < 4.78 is 21.5. The summed E-state index contributed by atoms with van der Waals surface area (Å²) in [6.45, 7) is 3.67. The lowest BCUT2D eigenvalue weighted by molar-refractivity contribution is -0.128. The van der Waals surface area contributed by atoms with Crippen molar-refractivity contribution < 1.29 is 9.13 Å². The molecule has 0 saturated carbocycles. The number of hydrogen-bond acceptors (Lipinski definition) is 3. The quantitative estimate of drug-likeness (QED) is 0.852. The normalized spacial score (nSPS) is 36.3. The first kappa shape index (κ1) is 16.1. The van der Waals surface area contributed by atoms with Gasteiger partial charge in [0.15, 0.2) is 0 Å². The van der Waals surface area contributed by atoms with Gasteiger partial charge in [0.25, 0.3) is 0 Å². The maximum Gasteiger partial charge on any atom is 0.112 e. The Bertz CT molecular complexity index is 332. The Morgan fingerprint density at radius 3 is 2.81 bits per heavy atom. The monoisotopic (exact) mass is 315 g/mol. The van der Waals surface area contributed by atoms with Crippen molar-refractivity contribution in [3.05, 3.63) is 0 Å². The van der Waals surface area contributed by atoms with E-state index in [0.717, 1.165) is 45.3 Å². The van der Waals surface area contributed by atoms with E-state index in [1.807, 2.05) is 18.7 Å². The predicted molar refractivity (Wildman–Crippen MR) is 87.7 cm³/mol. The second kappa shape index (κ2) is 6.76. The summed E-state index contributed by atoms with van der Waals surface area (Å²) in [5.41, 5.74) is -1.04. The highest BCUT2D eigenvalue weighted by Gasteiger charge is 2.46. The van der Waals surface area contributed by atoms with E-state index in [9.17, 15) is 0 Å². The van der Waals surface area contributed by atoms with Crippen molar-refractivity contribution in [2.75, 3.05) is 24.7 Å². The number of rotatable bonds is 3. The molecule has 4 heteroatoms. The lowest BCUT2D eigenvalue weighted by atomic mass is 9.73. The van der Waals surface area contributed by atoms with Crippen molar-refractivity contribution in [1.29, 1.82) is 0 Å². The van der Waals surface area contributed by atoms with Crippen LogP contribution in [0.2, 0.25) is 0 Å². The summed E-state index contributed by atoms with van der Waals surface area (Å²) in [6.07, 6.45) is 8.40. The van der Waals surface area contributed by atoms with Crippen molar-refractivity contribution >= 4 is 11.8 Å². The van der Waals surface area contributed by atoms with E-state index in [1.54, 1.807) is 0 Å². The van der Waals surface area contributed by atoms with E-state index < -0.39 is 5.67 Å². The first-order valence-corrected chi connectivity index (χ1v) is 9.89. The molecule has 0 amide bonds. The van der Waals surface area contributed by atoms with Gasteiger partial charge in [-0.1, -0.05) is 6.42 Å². The molecule has 1 spiro atoms. The van der Waals surface area contributed by atoms with E-state index in [-0.39, 0.29) is 11.5 Å². The molecule has 0 radical (unpaired) electrons. The van der Waals surface area contributed by atoms with Crippen LogP contribution < -0.4 is 5.32 Å². The summed E-state index contributed by atoms with van der Waals surface area (Å²) in [4.78, 5) is 0. The fourth-order valence-corrected chi connectivity index (χ4v) is 5.62. The molecule has 3 heterocycles. The Balaban J connectivity index is 1.60. The molecule has 0 bridgehead atoms. The molecule has 122 valence electrons. The first-order chi connectivity index (χ1) is 10.1. The zero-order chi connectivity index (χ0) is 14.8. The number of ether oxygens (including phenoxy) is 1. The minimum Gasteiger partial charge on any atom is -0.375 e. The second-order valence-corrected chi connectivity index (χ2v) is 8.69. The van der Waals surface area contributed by atoms with Gasteiger partial charge in [-0.05, 0) is 75.8 Å². The van der Waals surface area contributed by atoms with Gasteiger partial charge in [0.1, 0.15) is 5.67 Å². The predicted octanol–water partition coefficient (Wildman–Crippen LogP) is 3.94. The number of alkyl halides is 1. The zero-order valence-electron chi connectivity index (χ0n) is 13.3. The lowest BCUT2D eigenvalue weighted by Gasteiger charge is -2.47. The van der Waals surface area contributed by atoms with Crippen LogP contribution in [0.4, 0.5) is 4.39 Å². The molecule has 2 nitrogen and oxygen atoms in total. The number of hydrogen-bond donors (Lipinski definition) is 1. The minimum atomic E-state index is -1.05. The molecule has 0 aromatic rings. The van der Waals surface area contributed by atoms with Crippen LogP contribution in [0.3, 0.4) is 0 Å². The Labute approximate surface area is 133 Å². The number of piperidine rings is 1. The van der Waals surface area contributed by atoms with Gasteiger partial charge in [0, 0.05) is 12.6 Å². The van der Waals surface area contributed by atoms with Crippen molar-refractivity contribution in [1.82, 2.24) is 5.32 Å². The molecule has 3 rings (SSSR count). The first-order valence-electron chi connectivity index (χ1n) is 8.74. The summed E-state index contributed by atoms with van der Waals surface area (Å²) in [6, 6.07) is 0.384. The highest BCUT2D eigenvalue weighted by Crippen LogP contribution is 2.45. The van der Waals surface area contributed by atoms with Crippen LogP contribution in [-0.4, -0.2) is 42.0 Å². The molecule has 3 saturated heterocycles. The van der Waals surface area contributed by atoms with Crippen LogP contribution in [0.5, 0.6) is 0 Å². The van der Waals surface area contributed by atoms with Gasteiger partial charge >= 0.3 is 0 Å². The Kier molecular flexibility index (Phi) is 5.17. The molecular weight excluding hydrogens is 285 g/mol. The second-order valence-electron chi connectivity index (χ2n) is 7.46. The van der Waals surface area contributed by atoms with E-state index in [0.29, 0.717) is 12.5 Å². The van der Waals surface area contributed by atoms with Gasteiger partial charge < -0.3 is 10.1 Å². The van der Waals surface area contributed by atoms with E-state index in [4.69, 9.17) is 4.74 Å². The van der Waals surface area contributed by atoms with Crippen LogP contribution in [0.25, 0.3) is 0 Å². The highest BCUT2D eigenvalue weighted by atomic mass is 32.2. The molecule has 0 aliphatic carbocycles. The smallest absolute Gasteiger partial charge is 0.112 e. The van der Waals surface area contributed by atoms with Crippen molar-refractivity contribution in [2.24, 2.45) is 5.92 Å². The van der Waals surface area contributed by atoms with Crippen LogP contribution in [0.15, 0.2) is 0 Å². The molecule has 3 aliphatic rings. The van der Waals surface area contributed by atoms with E-state index in [1.165, 1.54) is 24.3 Å². The maximum atomic E-state index is 15.4. The van der Waals surface area contributed by atoms with Crippen molar-refractivity contribution in [3.63, 3.8) is 0 Å². The van der Waals surface area contributed by atoms with E-state index in [2.05, 4.69) is 5.32 Å². The summed E-state index contributed by atoms with van der Waals surface area (Å²) in [5.74, 6) is 2.54.